The molecule has 0 N–H and O–H groups in total. The van der Waals surface area contributed by atoms with E-state index in [1.807, 2.05) is 0 Å². The molecule has 2 aliphatic rings. The average molecular weight is 108 g/mol. The molecule has 0 bridgehead atoms. The SMILES string of the molecule is CC=C1CC2CCC12. The summed E-state index contributed by atoms with van der Waals surface area (Å²) in [5, 5.41) is 0. The van der Waals surface area contributed by atoms with Gasteiger partial charge < -0.3 is 0 Å². The maximum absolute atomic E-state index is 2.31. The van der Waals surface area contributed by atoms with E-state index in [9.17, 15) is 0 Å². The van der Waals surface area contributed by atoms with Crippen LogP contribution in [-0.2, 0) is 0 Å². The van der Waals surface area contributed by atoms with Gasteiger partial charge >= 0.3 is 0 Å². The fourth-order valence-corrected chi connectivity index (χ4v) is 1.93. The van der Waals surface area contributed by atoms with E-state index in [-0.39, 0.29) is 0 Å². The quantitative estimate of drug-likeness (QED) is 0.418. The Morgan fingerprint density at radius 1 is 1.50 bits per heavy atom. The maximum Gasteiger partial charge on any atom is -0.0172 e. The zero-order valence-corrected chi connectivity index (χ0v) is 5.35. The summed E-state index contributed by atoms with van der Waals surface area (Å²) in [6.07, 6.45) is 6.74. The Hall–Kier alpha value is -0.260. The van der Waals surface area contributed by atoms with Gasteiger partial charge in [0.2, 0.25) is 0 Å². The Labute approximate surface area is 50.6 Å². The van der Waals surface area contributed by atoms with E-state index in [0.717, 1.165) is 11.8 Å². The van der Waals surface area contributed by atoms with E-state index in [1.165, 1.54) is 19.3 Å². The van der Waals surface area contributed by atoms with Crippen LogP contribution >= 0.6 is 0 Å². The van der Waals surface area contributed by atoms with Crippen molar-refractivity contribution in [3.05, 3.63) is 11.6 Å². The summed E-state index contributed by atoms with van der Waals surface area (Å²) in [6, 6.07) is 0. The van der Waals surface area contributed by atoms with Crippen LogP contribution < -0.4 is 0 Å². The van der Waals surface area contributed by atoms with Gasteiger partial charge in [0.15, 0.2) is 0 Å². The Balaban J connectivity index is 2.07. The zero-order chi connectivity index (χ0) is 5.56. The van der Waals surface area contributed by atoms with Crippen molar-refractivity contribution in [2.24, 2.45) is 11.8 Å². The van der Waals surface area contributed by atoms with E-state index >= 15 is 0 Å². The molecule has 8 heavy (non-hydrogen) atoms. The van der Waals surface area contributed by atoms with E-state index < -0.39 is 0 Å². The molecule has 0 heteroatoms. The molecule has 2 aliphatic carbocycles. The van der Waals surface area contributed by atoms with Gasteiger partial charge in [-0.05, 0) is 38.0 Å². The number of allylic oxidation sites excluding steroid dienone is 2. The van der Waals surface area contributed by atoms with Crippen LogP contribution in [0.1, 0.15) is 26.2 Å². The molecule has 0 aliphatic heterocycles. The van der Waals surface area contributed by atoms with Gasteiger partial charge in [-0.3, -0.25) is 0 Å². The molecule has 44 valence electrons. The number of rotatable bonds is 0. The Morgan fingerprint density at radius 2 is 2.38 bits per heavy atom. The highest BCUT2D eigenvalue weighted by Crippen LogP contribution is 2.53. The van der Waals surface area contributed by atoms with Crippen LogP contribution in [0.3, 0.4) is 0 Å². The molecule has 0 nitrogen and oxygen atoms in total. The molecule has 2 rings (SSSR count). The molecule has 0 spiro atoms. The molecule has 0 aromatic rings. The molecule has 2 unspecified atom stereocenters. The van der Waals surface area contributed by atoms with Crippen LogP contribution in [-0.4, -0.2) is 0 Å². The molecule has 0 aromatic carbocycles. The fourth-order valence-electron chi connectivity index (χ4n) is 1.93. The first-order valence-electron chi connectivity index (χ1n) is 3.57. The second-order valence-electron chi connectivity index (χ2n) is 3.01. The molecule has 0 aromatic heterocycles. The van der Waals surface area contributed by atoms with Gasteiger partial charge in [-0.1, -0.05) is 11.6 Å². The van der Waals surface area contributed by atoms with Crippen molar-refractivity contribution in [1.82, 2.24) is 0 Å². The second-order valence-corrected chi connectivity index (χ2v) is 3.01. The maximum atomic E-state index is 2.31. The second kappa shape index (κ2) is 1.37. The van der Waals surface area contributed by atoms with Crippen LogP contribution in [0.2, 0.25) is 0 Å². The van der Waals surface area contributed by atoms with Crippen molar-refractivity contribution in [3.63, 3.8) is 0 Å². The van der Waals surface area contributed by atoms with Gasteiger partial charge in [-0.2, -0.15) is 0 Å². The summed E-state index contributed by atoms with van der Waals surface area (Å²) in [7, 11) is 0. The Morgan fingerprint density at radius 3 is 2.50 bits per heavy atom. The number of hydrogen-bond acceptors (Lipinski definition) is 0. The van der Waals surface area contributed by atoms with Crippen molar-refractivity contribution in [2.75, 3.05) is 0 Å². The number of fused-ring (bicyclic) bond motifs is 1. The van der Waals surface area contributed by atoms with E-state index in [4.69, 9.17) is 0 Å². The Bertz CT molecular complexity index is 133. The van der Waals surface area contributed by atoms with Gasteiger partial charge in [0.05, 0.1) is 0 Å². The highest BCUT2D eigenvalue weighted by molar-refractivity contribution is 5.21. The third kappa shape index (κ3) is 0.367. The summed E-state index contributed by atoms with van der Waals surface area (Å²) in [4.78, 5) is 0. The minimum Gasteiger partial charge on any atom is -0.0882 e. The van der Waals surface area contributed by atoms with Gasteiger partial charge in [0, 0.05) is 0 Å². The molecule has 0 saturated heterocycles. The lowest BCUT2D eigenvalue weighted by Gasteiger charge is -2.48. The lowest BCUT2D eigenvalue weighted by Crippen LogP contribution is -2.37. The molecule has 0 heterocycles. The molecular weight excluding hydrogens is 96.1 g/mol. The monoisotopic (exact) mass is 108 g/mol. The minimum atomic E-state index is 1.06. The summed E-state index contributed by atoms with van der Waals surface area (Å²) in [5.74, 6) is 2.18. The molecule has 0 radical (unpaired) electrons. The highest BCUT2D eigenvalue weighted by atomic mass is 14.5. The van der Waals surface area contributed by atoms with E-state index in [2.05, 4.69) is 13.0 Å². The summed E-state index contributed by atoms with van der Waals surface area (Å²) < 4.78 is 0. The summed E-state index contributed by atoms with van der Waals surface area (Å²) in [5.41, 5.74) is 1.74. The van der Waals surface area contributed by atoms with Gasteiger partial charge in [0.1, 0.15) is 0 Å². The van der Waals surface area contributed by atoms with Crippen molar-refractivity contribution >= 4 is 0 Å². The zero-order valence-electron chi connectivity index (χ0n) is 5.35. The predicted octanol–water partition coefficient (Wildman–Crippen LogP) is 2.36. The lowest BCUT2D eigenvalue weighted by atomic mass is 9.56. The van der Waals surface area contributed by atoms with E-state index in [1.54, 1.807) is 5.57 Å². The normalized spacial score (nSPS) is 47.4. The van der Waals surface area contributed by atoms with Crippen molar-refractivity contribution < 1.29 is 0 Å². The van der Waals surface area contributed by atoms with Crippen molar-refractivity contribution in [1.29, 1.82) is 0 Å². The smallest absolute Gasteiger partial charge is 0.0172 e. The summed E-state index contributed by atoms with van der Waals surface area (Å²) >= 11 is 0. The largest absolute Gasteiger partial charge is 0.0882 e. The first-order valence-corrected chi connectivity index (χ1v) is 3.57. The average Bonchev–Trinajstić information content (AvgIpc) is 1.76. The van der Waals surface area contributed by atoms with Gasteiger partial charge in [0.25, 0.3) is 0 Å². The van der Waals surface area contributed by atoms with Crippen LogP contribution in [0.4, 0.5) is 0 Å². The van der Waals surface area contributed by atoms with Gasteiger partial charge in [-0.25, -0.2) is 0 Å². The molecular formula is C8H12. The van der Waals surface area contributed by atoms with Crippen LogP contribution in [0.25, 0.3) is 0 Å². The van der Waals surface area contributed by atoms with Crippen molar-refractivity contribution in [3.8, 4) is 0 Å². The van der Waals surface area contributed by atoms with E-state index in [0.29, 0.717) is 0 Å². The predicted molar refractivity (Wildman–Crippen MR) is 34.6 cm³/mol. The van der Waals surface area contributed by atoms with Crippen LogP contribution in [0.5, 0.6) is 0 Å². The van der Waals surface area contributed by atoms with Crippen LogP contribution in [0.15, 0.2) is 11.6 Å². The third-order valence-electron chi connectivity index (χ3n) is 2.76. The summed E-state index contributed by atoms with van der Waals surface area (Å²) in [6.45, 7) is 2.17. The highest BCUT2D eigenvalue weighted by Gasteiger charge is 2.41. The molecule has 2 atom stereocenters. The van der Waals surface area contributed by atoms with Crippen LogP contribution in [0, 0.1) is 11.8 Å². The first kappa shape index (κ1) is 4.60. The third-order valence-corrected chi connectivity index (χ3v) is 2.76. The standard InChI is InChI=1S/C8H12/c1-2-6-5-7-3-4-8(6)7/h2,7-8H,3-5H2,1H3. The van der Waals surface area contributed by atoms with Crippen molar-refractivity contribution in [2.45, 2.75) is 26.2 Å². The minimum absolute atomic E-state index is 1.06. The number of hydrogen-bond donors (Lipinski definition) is 0. The lowest BCUT2D eigenvalue weighted by molar-refractivity contribution is 0.132. The van der Waals surface area contributed by atoms with Gasteiger partial charge in [-0.15, -0.1) is 0 Å². The molecule has 2 fully saturated rings. The topological polar surface area (TPSA) is 0 Å². The Kier molecular flexibility index (Phi) is 0.787. The molecule has 2 saturated carbocycles. The first-order chi connectivity index (χ1) is 3.92. The molecule has 0 amide bonds. The fraction of sp³-hybridized carbons (Fsp3) is 0.750.